The van der Waals surface area contributed by atoms with Gasteiger partial charge >= 0.3 is 0 Å². The first-order valence-corrected chi connectivity index (χ1v) is 6.32. The minimum Gasteiger partial charge on any atom is -0.324 e. The molecule has 0 aromatic heterocycles. The molecular weight excluding hydrogens is 263 g/mol. The number of carbonyl (C=O) groups is 3. The van der Waals surface area contributed by atoms with Gasteiger partial charge in [0.25, 0.3) is 0 Å². The fourth-order valence-corrected chi connectivity index (χ4v) is 2.11. The third-order valence-electron chi connectivity index (χ3n) is 3.29. The third kappa shape index (κ3) is 2.68. The highest BCUT2D eigenvalue weighted by Gasteiger charge is 2.40. The summed E-state index contributed by atoms with van der Waals surface area (Å²) < 4.78 is 12.8. The van der Waals surface area contributed by atoms with Gasteiger partial charge in [-0.1, -0.05) is 6.92 Å². The molecular formula is C14H15FN2O3. The smallest absolute Gasteiger partial charge is 0.247 e. The Morgan fingerprint density at radius 1 is 1.35 bits per heavy atom. The molecule has 1 aromatic carbocycles. The number of benzene rings is 1. The maximum Gasteiger partial charge on any atom is 0.247 e. The van der Waals surface area contributed by atoms with Crippen LogP contribution in [0.15, 0.2) is 24.3 Å². The van der Waals surface area contributed by atoms with Crippen LogP contribution in [0.2, 0.25) is 0 Å². The van der Waals surface area contributed by atoms with Gasteiger partial charge in [-0.25, -0.2) is 4.39 Å². The van der Waals surface area contributed by atoms with Crippen molar-refractivity contribution in [2.24, 2.45) is 5.92 Å². The molecule has 0 spiro atoms. The maximum atomic E-state index is 12.8. The van der Waals surface area contributed by atoms with Gasteiger partial charge in [-0.3, -0.25) is 19.3 Å². The average molecular weight is 278 g/mol. The van der Waals surface area contributed by atoms with Gasteiger partial charge in [-0.05, 0) is 31.2 Å². The van der Waals surface area contributed by atoms with Crippen molar-refractivity contribution in [3.8, 4) is 0 Å². The first-order chi connectivity index (χ1) is 9.40. The molecule has 3 amide bonds. The van der Waals surface area contributed by atoms with Crippen molar-refractivity contribution in [2.45, 2.75) is 26.3 Å². The fourth-order valence-electron chi connectivity index (χ4n) is 2.11. The predicted molar refractivity (Wildman–Crippen MR) is 70.1 cm³/mol. The molecule has 1 saturated heterocycles. The van der Waals surface area contributed by atoms with E-state index >= 15 is 0 Å². The van der Waals surface area contributed by atoms with E-state index in [1.54, 1.807) is 6.92 Å². The molecule has 1 N–H and O–H groups in total. The van der Waals surface area contributed by atoms with Crippen LogP contribution in [0.4, 0.5) is 10.1 Å². The van der Waals surface area contributed by atoms with Crippen LogP contribution in [0.25, 0.3) is 0 Å². The number of imide groups is 1. The van der Waals surface area contributed by atoms with Gasteiger partial charge in [0.15, 0.2) is 0 Å². The first kappa shape index (κ1) is 14.2. The average Bonchev–Trinajstić information content (AvgIpc) is 2.65. The van der Waals surface area contributed by atoms with Crippen molar-refractivity contribution < 1.29 is 18.8 Å². The zero-order valence-electron chi connectivity index (χ0n) is 11.2. The van der Waals surface area contributed by atoms with Gasteiger partial charge in [-0.15, -0.1) is 0 Å². The molecule has 1 heterocycles. The lowest BCUT2D eigenvalue weighted by molar-refractivity contribution is -0.145. The molecule has 1 fully saturated rings. The lowest BCUT2D eigenvalue weighted by Crippen LogP contribution is -2.45. The Labute approximate surface area is 115 Å². The molecule has 2 unspecified atom stereocenters. The van der Waals surface area contributed by atoms with Gasteiger partial charge in [0.05, 0.1) is 0 Å². The SMILES string of the molecule is CC1CC(=O)N(C(C)C(=O)Nc2ccc(F)cc2)C1=O. The fraction of sp³-hybridized carbons (Fsp3) is 0.357. The number of nitrogens with zero attached hydrogens (tertiary/aromatic N) is 1. The number of hydrogen-bond donors (Lipinski definition) is 1. The van der Waals surface area contributed by atoms with E-state index in [1.165, 1.54) is 31.2 Å². The van der Waals surface area contributed by atoms with Crippen molar-refractivity contribution >= 4 is 23.4 Å². The van der Waals surface area contributed by atoms with E-state index in [2.05, 4.69) is 5.32 Å². The number of halogens is 1. The Morgan fingerprint density at radius 2 is 1.95 bits per heavy atom. The van der Waals surface area contributed by atoms with E-state index < -0.39 is 17.8 Å². The van der Waals surface area contributed by atoms with Crippen molar-refractivity contribution in [3.63, 3.8) is 0 Å². The lowest BCUT2D eigenvalue weighted by Gasteiger charge is -2.22. The Bertz CT molecular complexity index is 556. The Balaban J connectivity index is 2.07. The Morgan fingerprint density at radius 3 is 2.45 bits per heavy atom. The van der Waals surface area contributed by atoms with Crippen molar-refractivity contribution in [1.82, 2.24) is 4.90 Å². The molecule has 20 heavy (non-hydrogen) atoms. The summed E-state index contributed by atoms with van der Waals surface area (Å²) in [6, 6.07) is 4.38. The lowest BCUT2D eigenvalue weighted by atomic mass is 10.1. The third-order valence-corrected chi connectivity index (χ3v) is 3.29. The van der Waals surface area contributed by atoms with Crippen LogP contribution < -0.4 is 5.32 Å². The van der Waals surface area contributed by atoms with Crippen LogP contribution in [-0.4, -0.2) is 28.7 Å². The zero-order valence-corrected chi connectivity index (χ0v) is 11.2. The van der Waals surface area contributed by atoms with Crippen molar-refractivity contribution in [2.75, 3.05) is 5.32 Å². The molecule has 1 aliphatic rings. The monoisotopic (exact) mass is 278 g/mol. The number of hydrogen-bond acceptors (Lipinski definition) is 3. The summed E-state index contributed by atoms with van der Waals surface area (Å²) in [6.07, 6.45) is 0.132. The van der Waals surface area contributed by atoms with E-state index in [-0.39, 0.29) is 24.2 Å². The molecule has 0 radical (unpaired) electrons. The minimum atomic E-state index is -0.884. The first-order valence-electron chi connectivity index (χ1n) is 6.32. The Kier molecular flexibility index (Phi) is 3.83. The zero-order chi connectivity index (χ0) is 14.9. The molecule has 1 aliphatic heterocycles. The summed E-state index contributed by atoms with van der Waals surface area (Å²) in [6.45, 7) is 3.15. The number of rotatable bonds is 3. The largest absolute Gasteiger partial charge is 0.324 e. The molecule has 1 aromatic rings. The number of amides is 3. The highest BCUT2D eigenvalue weighted by molar-refractivity contribution is 6.08. The van der Waals surface area contributed by atoms with Gasteiger partial charge in [0.2, 0.25) is 17.7 Å². The second kappa shape index (κ2) is 5.40. The minimum absolute atomic E-state index is 0.132. The highest BCUT2D eigenvalue weighted by atomic mass is 19.1. The number of anilines is 1. The molecule has 6 heteroatoms. The summed E-state index contributed by atoms with van der Waals surface area (Å²) in [5, 5.41) is 2.55. The molecule has 0 aliphatic carbocycles. The molecule has 0 saturated carbocycles. The second-order valence-electron chi connectivity index (χ2n) is 4.88. The van der Waals surface area contributed by atoms with E-state index in [0.29, 0.717) is 5.69 Å². The molecule has 2 rings (SSSR count). The highest BCUT2D eigenvalue weighted by Crippen LogP contribution is 2.22. The van der Waals surface area contributed by atoms with Crippen LogP contribution in [0, 0.1) is 11.7 Å². The number of likely N-dealkylation sites (tertiary alicyclic amines) is 1. The Hall–Kier alpha value is -2.24. The normalized spacial score (nSPS) is 20.1. The van der Waals surface area contributed by atoms with E-state index in [0.717, 1.165) is 4.90 Å². The van der Waals surface area contributed by atoms with Crippen LogP contribution in [-0.2, 0) is 14.4 Å². The maximum absolute atomic E-state index is 12.8. The summed E-state index contributed by atoms with van der Waals surface area (Å²) in [5.74, 6) is -1.95. The molecule has 0 bridgehead atoms. The molecule has 5 nitrogen and oxygen atoms in total. The van der Waals surface area contributed by atoms with Gasteiger partial charge < -0.3 is 5.32 Å². The quantitative estimate of drug-likeness (QED) is 0.853. The van der Waals surface area contributed by atoms with Crippen LogP contribution in [0.3, 0.4) is 0 Å². The van der Waals surface area contributed by atoms with E-state index in [9.17, 15) is 18.8 Å². The summed E-state index contributed by atoms with van der Waals surface area (Å²) in [7, 11) is 0. The summed E-state index contributed by atoms with van der Waals surface area (Å²) in [5.41, 5.74) is 0.412. The second-order valence-corrected chi connectivity index (χ2v) is 4.88. The van der Waals surface area contributed by atoms with Crippen LogP contribution >= 0.6 is 0 Å². The van der Waals surface area contributed by atoms with Crippen molar-refractivity contribution in [1.29, 1.82) is 0 Å². The van der Waals surface area contributed by atoms with Crippen LogP contribution in [0.1, 0.15) is 20.3 Å². The van der Waals surface area contributed by atoms with Crippen molar-refractivity contribution in [3.05, 3.63) is 30.1 Å². The van der Waals surface area contributed by atoms with Gasteiger partial charge in [-0.2, -0.15) is 0 Å². The summed E-state index contributed by atoms with van der Waals surface area (Å²) in [4.78, 5) is 36.6. The predicted octanol–water partition coefficient (Wildman–Crippen LogP) is 1.55. The topological polar surface area (TPSA) is 66.5 Å². The van der Waals surface area contributed by atoms with E-state index in [4.69, 9.17) is 0 Å². The molecule has 106 valence electrons. The number of nitrogens with one attached hydrogen (secondary N) is 1. The van der Waals surface area contributed by atoms with Crippen LogP contribution in [0.5, 0.6) is 0 Å². The molecule has 2 atom stereocenters. The number of carbonyl (C=O) groups excluding carboxylic acids is 3. The van der Waals surface area contributed by atoms with Gasteiger partial charge in [0, 0.05) is 18.0 Å². The summed E-state index contributed by atoms with van der Waals surface area (Å²) >= 11 is 0. The van der Waals surface area contributed by atoms with E-state index in [1.807, 2.05) is 0 Å². The standard InChI is InChI=1S/C14H15FN2O3/c1-8-7-12(18)17(14(8)20)9(2)13(19)16-11-5-3-10(15)4-6-11/h3-6,8-9H,7H2,1-2H3,(H,16,19). The van der Waals surface area contributed by atoms with Gasteiger partial charge in [0.1, 0.15) is 11.9 Å².